The van der Waals surface area contributed by atoms with Gasteiger partial charge >= 0.3 is 0 Å². The van der Waals surface area contributed by atoms with Gasteiger partial charge in [-0.15, -0.1) is 0 Å². The summed E-state index contributed by atoms with van der Waals surface area (Å²) in [6.45, 7) is 4.69. The van der Waals surface area contributed by atoms with Crippen LogP contribution in [0.5, 0.6) is 0 Å². The van der Waals surface area contributed by atoms with Crippen LogP contribution >= 0.6 is 23.4 Å². The van der Waals surface area contributed by atoms with Crippen molar-refractivity contribution < 1.29 is 9.53 Å². The van der Waals surface area contributed by atoms with Crippen molar-refractivity contribution in [1.29, 1.82) is 0 Å². The van der Waals surface area contributed by atoms with Crippen molar-refractivity contribution in [2.45, 2.75) is 6.92 Å². The van der Waals surface area contributed by atoms with Crippen molar-refractivity contribution in [3.05, 3.63) is 51.6 Å². The Kier molecular flexibility index (Phi) is 4.84. The van der Waals surface area contributed by atoms with Gasteiger partial charge < -0.3 is 9.64 Å². The van der Waals surface area contributed by atoms with E-state index in [2.05, 4.69) is 15.0 Å². The molecule has 8 heteroatoms. The minimum Gasteiger partial charge on any atom is -0.378 e. The number of amidine groups is 1. The van der Waals surface area contributed by atoms with Gasteiger partial charge in [0.15, 0.2) is 5.17 Å². The molecule has 0 bridgehead atoms. The molecule has 0 radical (unpaired) electrons. The second-order valence-electron chi connectivity index (χ2n) is 5.95. The molecule has 1 fully saturated rings. The number of nitrogens with zero attached hydrogens (tertiary/aromatic N) is 4. The maximum absolute atomic E-state index is 12.3. The molecule has 1 aromatic carbocycles. The summed E-state index contributed by atoms with van der Waals surface area (Å²) in [4.78, 5) is 19.2. The van der Waals surface area contributed by atoms with Crippen LogP contribution in [0.2, 0.25) is 5.15 Å². The second-order valence-corrected chi connectivity index (χ2v) is 7.31. The Hall–Kier alpha value is -2.09. The van der Waals surface area contributed by atoms with E-state index in [-0.39, 0.29) is 5.91 Å². The molecule has 0 N–H and O–H groups in total. The van der Waals surface area contributed by atoms with Crippen molar-refractivity contribution >= 4 is 40.5 Å². The van der Waals surface area contributed by atoms with Crippen LogP contribution in [0.3, 0.4) is 0 Å². The largest absolute Gasteiger partial charge is 0.378 e. The van der Waals surface area contributed by atoms with Gasteiger partial charge in [-0.2, -0.15) is 10.1 Å². The van der Waals surface area contributed by atoms with E-state index in [0.29, 0.717) is 23.3 Å². The lowest BCUT2D eigenvalue weighted by atomic mass is 10.2. The zero-order valence-electron chi connectivity index (χ0n) is 14.2. The van der Waals surface area contributed by atoms with Gasteiger partial charge in [0, 0.05) is 18.7 Å². The summed E-state index contributed by atoms with van der Waals surface area (Å²) in [6.07, 6.45) is 1.79. The monoisotopic (exact) mass is 388 g/mol. The van der Waals surface area contributed by atoms with Gasteiger partial charge in [0.25, 0.3) is 5.91 Å². The highest BCUT2D eigenvalue weighted by molar-refractivity contribution is 8.18. The van der Waals surface area contributed by atoms with Crippen LogP contribution in [0, 0.1) is 6.92 Å². The standard InChI is InChI=1S/C18H17ClN4O2S/c1-12-14(16(19)23(21-12)13-5-3-2-4-6-13)11-15-17(24)20-18(26-15)22-7-9-25-10-8-22/h2-6,11H,7-10H2,1H3/b15-11-. The molecule has 2 aromatic rings. The average molecular weight is 389 g/mol. The molecule has 134 valence electrons. The first kappa shape index (κ1) is 17.3. The van der Waals surface area contributed by atoms with Crippen LogP contribution in [-0.4, -0.2) is 52.1 Å². The number of morpholine rings is 1. The van der Waals surface area contributed by atoms with E-state index >= 15 is 0 Å². The summed E-state index contributed by atoms with van der Waals surface area (Å²) in [5.74, 6) is -0.237. The Bertz CT molecular complexity index is 901. The fourth-order valence-electron chi connectivity index (χ4n) is 2.83. The number of halogens is 1. The first-order chi connectivity index (χ1) is 12.6. The molecule has 2 aliphatic heterocycles. The molecular weight excluding hydrogens is 372 g/mol. The summed E-state index contributed by atoms with van der Waals surface area (Å²) in [7, 11) is 0. The molecule has 4 rings (SSSR count). The Morgan fingerprint density at radius 1 is 1.23 bits per heavy atom. The topological polar surface area (TPSA) is 59.7 Å². The second kappa shape index (κ2) is 7.26. The number of aryl methyl sites for hydroxylation is 1. The van der Waals surface area contributed by atoms with Crippen LogP contribution in [-0.2, 0) is 9.53 Å². The van der Waals surface area contributed by atoms with E-state index in [9.17, 15) is 4.79 Å². The smallest absolute Gasteiger partial charge is 0.286 e. The molecule has 0 aliphatic carbocycles. The normalized spacial score (nSPS) is 19.3. The number of amides is 1. The zero-order valence-corrected chi connectivity index (χ0v) is 15.8. The van der Waals surface area contributed by atoms with Crippen molar-refractivity contribution in [1.82, 2.24) is 14.7 Å². The van der Waals surface area contributed by atoms with E-state index in [0.717, 1.165) is 35.2 Å². The van der Waals surface area contributed by atoms with Gasteiger partial charge in [0.1, 0.15) is 5.15 Å². The number of aromatic nitrogens is 2. The van der Waals surface area contributed by atoms with E-state index in [1.807, 2.05) is 37.3 Å². The van der Waals surface area contributed by atoms with E-state index < -0.39 is 0 Å². The fourth-order valence-corrected chi connectivity index (χ4v) is 4.11. The fraction of sp³-hybridized carbons (Fsp3) is 0.278. The third kappa shape index (κ3) is 3.30. The number of ether oxygens (including phenoxy) is 1. The molecule has 1 amide bonds. The summed E-state index contributed by atoms with van der Waals surface area (Å²) < 4.78 is 7.03. The van der Waals surface area contributed by atoms with Crippen molar-refractivity contribution in [3.63, 3.8) is 0 Å². The summed E-state index contributed by atoms with van der Waals surface area (Å²) >= 11 is 7.93. The molecule has 0 unspecified atom stereocenters. The van der Waals surface area contributed by atoms with Gasteiger partial charge in [-0.1, -0.05) is 29.8 Å². The van der Waals surface area contributed by atoms with Gasteiger partial charge in [-0.05, 0) is 36.9 Å². The van der Waals surface area contributed by atoms with Crippen LogP contribution in [0.4, 0.5) is 0 Å². The first-order valence-electron chi connectivity index (χ1n) is 8.29. The summed E-state index contributed by atoms with van der Waals surface area (Å²) in [5, 5.41) is 5.72. The van der Waals surface area contributed by atoms with Gasteiger partial charge in [0.05, 0.1) is 29.5 Å². The minimum absolute atomic E-state index is 0.237. The molecule has 26 heavy (non-hydrogen) atoms. The van der Waals surface area contributed by atoms with Gasteiger partial charge in [0.2, 0.25) is 0 Å². The number of aliphatic imine (C=N–C) groups is 1. The number of para-hydroxylation sites is 1. The molecule has 0 saturated carbocycles. The molecular formula is C18H17ClN4O2S. The average Bonchev–Trinajstić information content (AvgIpc) is 3.18. The number of hydrogen-bond donors (Lipinski definition) is 0. The molecule has 0 atom stereocenters. The Morgan fingerprint density at radius 3 is 2.69 bits per heavy atom. The van der Waals surface area contributed by atoms with Crippen LogP contribution in [0.25, 0.3) is 11.8 Å². The maximum atomic E-state index is 12.3. The minimum atomic E-state index is -0.237. The predicted octanol–water partition coefficient (Wildman–Crippen LogP) is 3.14. The SMILES string of the molecule is Cc1nn(-c2ccccc2)c(Cl)c1/C=C1\SC(N2CCOCC2)=NC1=O. The van der Waals surface area contributed by atoms with Gasteiger partial charge in [-0.25, -0.2) is 4.68 Å². The van der Waals surface area contributed by atoms with Crippen LogP contribution < -0.4 is 0 Å². The third-order valence-corrected chi connectivity index (χ3v) is 5.62. The van der Waals surface area contributed by atoms with Crippen molar-refractivity contribution in [2.24, 2.45) is 4.99 Å². The predicted molar refractivity (Wildman–Crippen MR) is 104 cm³/mol. The highest BCUT2D eigenvalue weighted by Gasteiger charge is 2.28. The zero-order chi connectivity index (χ0) is 18.1. The molecule has 3 heterocycles. The molecule has 2 aliphatic rings. The summed E-state index contributed by atoms with van der Waals surface area (Å²) in [6, 6.07) is 9.67. The Labute approximate surface area is 160 Å². The Balaban J connectivity index is 1.61. The highest BCUT2D eigenvalue weighted by Crippen LogP contribution is 2.33. The number of benzene rings is 1. The molecule has 1 aromatic heterocycles. The lowest BCUT2D eigenvalue weighted by molar-refractivity contribution is -0.113. The highest BCUT2D eigenvalue weighted by atomic mass is 35.5. The molecule has 0 spiro atoms. The first-order valence-corrected chi connectivity index (χ1v) is 9.49. The number of carbonyl (C=O) groups excluding carboxylic acids is 1. The maximum Gasteiger partial charge on any atom is 0.286 e. The lowest BCUT2D eigenvalue weighted by Gasteiger charge is -2.27. The van der Waals surface area contributed by atoms with E-state index in [4.69, 9.17) is 16.3 Å². The Morgan fingerprint density at radius 2 is 1.96 bits per heavy atom. The van der Waals surface area contributed by atoms with Crippen molar-refractivity contribution in [3.8, 4) is 5.69 Å². The quantitative estimate of drug-likeness (QED) is 0.740. The van der Waals surface area contributed by atoms with Gasteiger partial charge in [-0.3, -0.25) is 4.79 Å². The van der Waals surface area contributed by atoms with Crippen LogP contribution in [0.15, 0.2) is 40.2 Å². The van der Waals surface area contributed by atoms with E-state index in [1.165, 1.54) is 11.8 Å². The number of carbonyl (C=O) groups is 1. The number of rotatable bonds is 2. The van der Waals surface area contributed by atoms with Crippen molar-refractivity contribution in [2.75, 3.05) is 26.3 Å². The number of hydrogen-bond acceptors (Lipinski definition) is 5. The molecule has 1 saturated heterocycles. The van der Waals surface area contributed by atoms with E-state index in [1.54, 1.807) is 10.8 Å². The number of thioether (sulfide) groups is 1. The third-order valence-electron chi connectivity index (χ3n) is 4.22. The van der Waals surface area contributed by atoms with Crippen LogP contribution in [0.1, 0.15) is 11.3 Å². The summed E-state index contributed by atoms with van der Waals surface area (Å²) in [5.41, 5.74) is 2.38. The lowest BCUT2D eigenvalue weighted by Crippen LogP contribution is -2.38. The molecule has 6 nitrogen and oxygen atoms in total.